The fourth-order valence-electron chi connectivity index (χ4n) is 3.42. The number of nitrogens with zero attached hydrogens (tertiary/aromatic N) is 2. The van der Waals surface area contributed by atoms with E-state index < -0.39 is 0 Å². The molecule has 2 heterocycles. The topological polar surface area (TPSA) is 58.8 Å². The zero-order valence-electron chi connectivity index (χ0n) is 12.9. The predicted octanol–water partition coefficient (Wildman–Crippen LogP) is 0.683. The molecule has 5 heteroatoms. The number of carbonyl (C=O) groups is 1. The SMILES string of the molecule is COC1CCN(CC(=O)N2CCCC(C)C2)C(CN)C1. The molecule has 0 saturated carbocycles. The third-order valence-corrected chi connectivity index (χ3v) is 4.74. The number of hydrogen-bond donors (Lipinski definition) is 1. The number of piperidine rings is 2. The molecule has 2 aliphatic heterocycles. The maximum atomic E-state index is 12.4. The van der Waals surface area contributed by atoms with Crippen LogP contribution in [0.25, 0.3) is 0 Å². The Morgan fingerprint density at radius 3 is 2.80 bits per heavy atom. The summed E-state index contributed by atoms with van der Waals surface area (Å²) >= 11 is 0. The molecule has 2 rings (SSSR count). The van der Waals surface area contributed by atoms with E-state index in [1.165, 1.54) is 6.42 Å². The van der Waals surface area contributed by atoms with Crippen LogP contribution in [0, 0.1) is 5.92 Å². The summed E-state index contributed by atoms with van der Waals surface area (Å²) < 4.78 is 5.43. The first-order valence-electron chi connectivity index (χ1n) is 7.88. The molecule has 2 saturated heterocycles. The zero-order valence-corrected chi connectivity index (χ0v) is 12.9. The van der Waals surface area contributed by atoms with Crippen LogP contribution in [-0.4, -0.2) is 67.7 Å². The van der Waals surface area contributed by atoms with Crippen LogP contribution in [0.5, 0.6) is 0 Å². The van der Waals surface area contributed by atoms with Crippen molar-refractivity contribution in [1.82, 2.24) is 9.80 Å². The summed E-state index contributed by atoms with van der Waals surface area (Å²) in [5.74, 6) is 0.906. The van der Waals surface area contributed by atoms with Gasteiger partial charge < -0.3 is 15.4 Å². The molecule has 2 aliphatic rings. The lowest BCUT2D eigenvalue weighted by atomic mass is 9.98. The summed E-state index contributed by atoms with van der Waals surface area (Å²) in [5, 5.41) is 0. The third kappa shape index (κ3) is 3.93. The van der Waals surface area contributed by atoms with Crippen LogP contribution in [0.1, 0.15) is 32.6 Å². The minimum Gasteiger partial charge on any atom is -0.381 e. The van der Waals surface area contributed by atoms with Crippen LogP contribution in [0.2, 0.25) is 0 Å². The predicted molar refractivity (Wildman–Crippen MR) is 79.4 cm³/mol. The molecule has 2 N–H and O–H groups in total. The number of amides is 1. The van der Waals surface area contributed by atoms with Gasteiger partial charge in [-0.05, 0) is 31.6 Å². The lowest BCUT2D eigenvalue weighted by molar-refractivity contribution is -0.135. The lowest BCUT2D eigenvalue weighted by Crippen LogP contribution is -2.53. The Bertz CT molecular complexity index is 324. The second-order valence-corrected chi connectivity index (χ2v) is 6.33. The molecule has 0 aromatic rings. The first kappa shape index (κ1) is 15.7. The van der Waals surface area contributed by atoms with Gasteiger partial charge in [-0.15, -0.1) is 0 Å². The molecule has 0 spiro atoms. The number of hydrogen-bond acceptors (Lipinski definition) is 4. The van der Waals surface area contributed by atoms with Gasteiger partial charge in [0.05, 0.1) is 12.6 Å². The van der Waals surface area contributed by atoms with E-state index in [4.69, 9.17) is 10.5 Å². The molecule has 2 fully saturated rings. The van der Waals surface area contributed by atoms with Crippen LogP contribution in [-0.2, 0) is 9.53 Å². The molecule has 0 bridgehead atoms. The van der Waals surface area contributed by atoms with Crippen LogP contribution in [0.4, 0.5) is 0 Å². The van der Waals surface area contributed by atoms with Crippen molar-refractivity contribution in [2.24, 2.45) is 11.7 Å². The molecular formula is C15H29N3O2. The van der Waals surface area contributed by atoms with E-state index >= 15 is 0 Å². The van der Waals surface area contributed by atoms with Gasteiger partial charge in [0.25, 0.3) is 0 Å². The molecule has 3 atom stereocenters. The second-order valence-electron chi connectivity index (χ2n) is 6.33. The largest absolute Gasteiger partial charge is 0.381 e. The fraction of sp³-hybridized carbons (Fsp3) is 0.933. The Morgan fingerprint density at radius 2 is 2.15 bits per heavy atom. The first-order chi connectivity index (χ1) is 9.63. The standard InChI is InChI=1S/C15H29N3O2/c1-12-4-3-6-18(10-12)15(19)11-17-7-5-14(20-2)8-13(17)9-16/h12-14H,3-11,16H2,1-2H3. The smallest absolute Gasteiger partial charge is 0.236 e. The summed E-state index contributed by atoms with van der Waals surface area (Å²) in [4.78, 5) is 16.7. The molecule has 0 aromatic carbocycles. The molecule has 116 valence electrons. The van der Waals surface area contributed by atoms with Crippen LogP contribution < -0.4 is 5.73 Å². The normalized spacial score (nSPS) is 32.4. The number of rotatable bonds is 4. The van der Waals surface area contributed by atoms with E-state index in [1.54, 1.807) is 7.11 Å². The van der Waals surface area contributed by atoms with E-state index in [9.17, 15) is 4.79 Å². The van der Waals surface area contributed by atoms with Crippen molar-refractivity contribution in [3.8, 4) is 0 Å². The van der Waals surface area contributed by atoms with Gasteiger partial charge in [0.2, 0.25) is 5.91 Å². The average molecular weight is 283 g/mol. The van der Waals surface area contributed by atoms with Crippen molar-refractivity contribution in [2.75, 3.05) is 39.8 Å². The van der Waals surface area contributed by atoms with Gasteiger partial charge in [-0.25, -0.2) is 0 Å². The van der Waals surface area contributed by atoms with E-state index in [1.807, 2.05) is 4.90 Å². The van der Waals surface area contributed by atoms with Crippen molar-refractivity contribution < 1.29 is 9.53 Å². The van der Waals surface area contributed by atoms with Crippen molar-refractivity contribution in [1.29, 1.82) is 0 Å². The number of ether oxygens (including phenoxy) is 1. The second kappa shape index (κ2) is 7.38. The van der Waals surface area contributed by atoms with Gasteiger partial charge in [0.15, 0.2) is 0 Å². The maximum absolute atomic E-state index is 12.4. The highest BCUT2D eigenvalue weighted by atomic mass is 16.5. The highest BCUT2D eigenvalue weighted by Gasteiger charge is 2.30. The Labute approximate surface area is 122 Å². The van der Waals surface area contributed by atoms with Crippen LogP contribution in [0.3, 0.4) is 0 Å². The van der Waals surface area contributed by atoms with E-state index in [0.717, 1.165) is 38.9 Å². The summed E-state index contributed by atoms with van der Waals surface area (Å²) in [6.45, 7) is 6.10. The molecule has 5 nitrogen and oxygen atoms in total. The molecule has 1 amide bonds. The number of likely N-dealkylation sites (tertiary alicyclic amines) is 2. The minimum atomic E-state index is 0.269. The molecule has 0 aliphatic carbocycles. The molecule has 0 radical (unpaired) electrons. The monoisotopic (exact) mass is 283 g/mol. The Balaban J connectivity index is 1.86. The third-order valence-electron chi connectivity index (χ3n) is 4.74. The van der Waals surface area contributed by atoms with Crippen molar-refractivity contribution in [3.05, 3.63) is 0 Å². The highest BCUT2D eigenvalue weighted by molar-refractivity contribution is 5.78. The minimum absolute atomic E-state index is 0.269. The van der Waals surface area contributed by atoms with Gasteiger partial charge in [0, 0.05) is 39.3 Å². The number of methoxy groups -OCH3 is 1. The highest BCUT2D eigenvalue weighted by Crippen LogP contribution is 2.20. The molecule has 3 unspecified atom stereocenters. The summed E-state index contributed by atoms with van der Waals surface area (Å²) in [7, 11) is 1.76. The van der Waals surface area contributed by atoms with E-state index in [2.05, 4.69) is 11.8 Å². The molecule has 0 aromatic heterocycles. The van der Waals surface area contributed by atoms with Gasteiger partial charge >= 0.3 is 0 Å². The first-order valence-corrected chi connectivity index (χ1v) is 7.88. The Hall–Kier alpha value is -0.650. The lowest BCUT2D eigenvalue weighted by Gasteiger charge is -2.39. The van der Waals surface area contributed by atoms with Crippen molar-refractivity contribution >= 4 is 5.91 Å². The van der Waals surface area contributed by atoms with Gasteiger partial charge in [-0.3, -0.25) is 9.69 Å². The quantitative estimate of drug-likeness (QED) is 0.824. The fourth-order valence-corrected chi connectivity index (χ4v) is 3.42. The zero-order chi connectivity index (χ0) is 14.5. The molecule has 20 heavy (non-hydrogen) atoms. The van der Waals surface area contributed by atoms with Gasteiger partial charge in [-0.2, -0.15) is 0 Å². The van der Waals surface area contributed by atoms with Crippen molar-refractivity contribution in [2.45, 2.75) is 44.8 Å². The van der Waals surface area contributed by atoms with Crippen LogP contribution >= 0.6 is 0 Å². The summed E-state index contributed by atoms with van der Waals surface area (Å²) in [6, 6.07) is 0.278. The summed E-state index contributed by atoms with van der Waals surface area (Å²) in [6.07, 6.45) is 4.62. The van der Waals surface area contributed by atoms with Crippen LogP contribution in [0.15, 0.2) is 0 Å². The Kier molecular flexibility index (Phi) is 5.81. The number of carbonyl (C=O) groups excluding carboxylic acids is 1. The maximum Gasteiger partial charge on any atom is 0.236 e. The van der Waals surface area contributed by atoms with Gasteiger partial charge in [0.1, 0.15) is 0 Å². The van der Waals surface area contributed by atoms with Gasteiger partial charge in [-0.1, -0.05) is 6.92 Å². The summed E-state index contributed by atoms with van der Waals surface area (Å²) in [5.41, 5.74) is 5.86. The molecular weight excluding hydrogens is 254 g/mol. The van der Waals surface area contributed by atoms with E-state index in [0.29, 0.717) is 25.1 Å². The van der Waals surface area contributed by atoms with Crippen molar-refractivity contribution in [3.63, 3.8) is 0 Å². The number of nitrogens with two attached hydrogens (primary N) is 1. The average Bonchev–Trinajstić information content (AvgIpc) is 2.47. The Morgan fingerprint density at radius 1 is 1.35 bits per heavy atom. The van der Waals surface area contributed by atoms with E-state index in [-0.39, 0.29) is 11.9 Å².